The molecular weight excluding hydrogens is 250 g/mol. The average molecular weight is 269 g/mol. The lowest BCUT2D eigenvalue weighted by Gasteiger charge is -2.08. The van der Waals surface area contributed by atoms with Crippen LogP contribution in [0.2, 0.25) is 0 Å². The Balaban J connectivity index is 2.11. The van der Waals surface area contributed by atoms with Gasteiger partial charge in [-0.05, 0) is 32.4 Å². The molecule has 1 aromatic carbocycles. The molecule has 2 aromatic heterocycles. The van der Waals surface area contributed by atoms with Gasteiger partial charge in [0, 0.05) is 12.0 Å². The number of aryl methyl sites for hydroxylation is 3. The lowest BCUT2D eigenvalue weighted by molar-refractivity contribution is 0.392. The van der Waals surface area contributed by atoms with Crippen molar-refractivity contribution in [3.63, 3.8) is 0 Å². The third-order valence-corrected chi connectivity index (χ3v) is 3.70. The van der Waals surface area contributed by atoms with E-state index in [1.807, 2.05) is 19.9 Å². The van der Waals surface area contributed by atoms with E-state index in [9.17, 15) is 0 Å². The fourth-order valence-corrected chi connectivity index (χ4v) is 2.60. The normalized spacial score (nSPS) is 11.3. The highest BCUT2D eigenvalue weighted by Crippen LogP contribution is 2.21. The number of aromatic nitrogens is 3. The van der Waals surface area contributed by atoms with Gasteiger partial charge in [-0.25, -0.2) is 4.98 Å². The summed E-state index contributed by atoms with van der Waals surface area (Å²) in [6, 6.07) is 8.28. The van der Waals surface area contributed by atoms with Crippen LogP contribution in [0, 0.1) is 13.8 Å². The summed E-state index contributed by atoms with van der Waals surface area (Å²) in [5, 5.41) is 4.04. The molecule has 0 radical (unpaired) electrons. The van der Waals surface area contributed by atoms with Crippen LogP contribution in [-0.4, -0.2) is 14.7 Å². The topological polar surface area (TPSA) is 43.9 Å². The van der Waals surface area contributed by atoms with Crippen molar-refractivity contribution in [2.24, 2.45) is 0 Å². The number of fused-ring (bicyclic) bond motifs is 1. The highest BCUT2D eigenvalue weighted by molar-refractivity contribution is 5.76. The minimum absolute atomic E-state index is 0.775. The Kier molecular flexibility index (Phi) is 3.30. The first-order chi connectivity index (χ1) is 9.70. The third kappa shape index (κ3) is 2.11. The molecule has 0 amide bonds. The fraction of sp³-hybridized carbons (Fsp3) is 0.375. The van der Waals surface area contributed by atoms with Gasteiger partial charge in [-0.2, -0.15) is 0 Å². The van der Waals surface area contributed by atoms with E-state index in [-0.39, 0.29) is 0 Å². The predicted molar refractivity (Wildman–Crippen MR) is 78.8 cm³/mol. The maximum absolute atomic E-state index is 5.27. The van der Waals surface area contributed by atoms with Gasteiger partial charge in [-0.15, -0.1) is 0 Å². The van der Waals surface area contributed by atoms with Crippen LogP contribution in [0.4, 0.5) is 0 Å². The summed E-state index contributed by atoms with van der Waals surface area (Å²) >= 11 is 0. The van der Waals surface area contributed by atoms with E-state index >= 15 is 0 Å². The SMILES string of the molecule is CCCc1nc2ccccc2n1Cc1c(C)noc1C. The zero-order valence-corrected chi connectivity index (χ0v) is 12.2. The number of imidazole rings is 1. The van der Waals surface area contributed by atoms with Gasteiger partial charge in [-0.3, -0.25) is 0 Å². The Hall–Kier alpha value is -2.10. The molecule has 0 aliphatic rings. The molecule has 20 heavy (non-hydrogen) atoms. The Morgan fingerprint density at radius 2 is 2.00 bits per heavy atom. The largest absolute Gasteiger partial charge is 0.361 e. The number of benzene rings is 1. The van der Waals surface area contributed by atoms with Crippen molar-refractivity contribution in [3.8, 4) is 0 Å². The highest BCUT2D eigenvalue weighted by atomic mass is 16.5. The first-order valence-electron chi connectivity index (χ1n) is 7.06. The second-order valence-electron chi connectivity index (χ2n) is 5.16. The molecule has 0 N–H and O–H groups in total. The smallest absolute Gasteiger partial charge is 0.138 e. The molecule has 0 unspecified atom stereocenters. The van der Waals surface area contributed by atoms with Crippen LogP contribution in [0.5, 0.6) is 0 Å². The van der Waals surface area contributed by atoms with Crippen LogP contribution in [0.15, 0.2) is 28.8 Å². The quantitative estimate of drug-likeness (QED) is 0.726. The van der Waals surface area contributed by atoms with Gasteiger partial charge in [-0.1, -0.05) is 24.2 Å². The molecule has 0 aliphatic heterocycles. The van der Waals surface area contributed by atoms with Crippen molar-refractivity contribution in [1.82, 2.24) is 14.7 Å². The zero-order valence-electron chi connectivity index (χ0n) is 12.2. The summed E-state index contributed by atoms with van der Waals surface area (Å²) < 4.78 is 7.56. The molecule has 0 aliphatic carbocycles. The van der Waals surface area contributed by atoms with Gasteiger partial charge >= 0.3 is 0 Å². The van der Waals surface area contributed by atoms with Gasteiger partial charge < -0.3 is 9.09 Å². The minimum Gasteiger partial charge on any atom is -0.361 e. The lowest BCUT2D eigenvalue weighted by atomic mass is 10.2. The van der Waals surface area contributed by atoms with Gasteiger partial charge in [0.15, 0.2) is 0 Å². The predicted octanol–water partition coefficient (Wildman–Crippen LogP) is 3.64. The Morgan fingerprint density at radius 3 is 2.70 bits per heavy atom. The van der Waals surface area contributed by atoms with E-state index in [0.717, 1.165) is 47.7 Å². The maximum Gasteiger partial charge on any atom is 0.138 e. The molecule has 0 saturated heterocycles. The van der Waals surface area contributed by atoms with Crippen LogP contribution >= 0.6 is 0 Å². The lowest BCUT2D eigenvalue weighted by Crippen LogP contribution is -2.06. The first-order valence-corrected chi connectivity index (χ1v) is 7.06. The van der Waals surface area contributed by atoms with E-state index in [1.165, 1.54) is 5.52 Å². The monoisotopic (exact) mass is 269 g/mol. The van der Waals surface area contributed by atoms with E-state index in [1.54, 1.807) is 0 Å². The summed E-state index contributed by atoms with van der Waals surface area (Å²) in [5.41, 5.74) is 4.35. The van der Waals surface area contributed by atoms with Crippen molar-refractivity contribution < 1.29 is 4.52 Å². The maximum atomic E-state index is 5.27. The molecule has 2 heterocycles. The molecule has 0 bridgehead atoms. The van der Waals surface area contributed by atoms with Crippen LogP contribution in [-0.2, 0) is 13.0 Å². The van der Waals surface area contributed by atoms with Gasteiger partial charge in [0.25, 0.3) is 0 Å². The molecule has 0 atom stereocenters. The van der Waals surface area contributed by atoms with Crippen molar-refractivity contribution in [3.05, 3.63) is 47.1 Å². The summed E-state index contributed by atoms with van der Waals surface area (Å²) in [6.45, 7) is 6.91. The Labute approximate surface area is 118 Å². The van der Waals surface area contributed by atoms with E-state index in [2.05, 4.69) is 34.8 Å². The zero-order chi connectivity index (χ0) is 14.1. The second-order valence-corrected chi connectivity index (χ2v) is 5.16. The van der Waals surface area contributed by atoms with Crippen LogP contribution < -0.4 is 0 Å². The van der Waals surface area contributed by atoms with Gasteiger partial charge in [0.2, 0.25) is 0 Å². The summed E-state index contributed by atoms with van der Waals surface area (Å²) in [4.78, 5) is 4.75. The number of para-hydroxylation sites is 2. The Morgan fingerprint density at radius 1 is 1.20 bits per heavy atom. The molecule has 104 valence electrons. The van der Waals surface area contributed by atoms with Crippen molar-refractivity contribution in [1.29, 1.82) is 0 Å². The third-order valence-electron chi connectivity index (χ3n) is 3.70. The van der Waals surface area contributed by atoms with Crippen molar-refractivity contribution in [2.75, 3.05) is 0 Å². The molecule has 0 saturated carbocycles. The average Bonchev–Trinajstić information content (AvgIpc) is 2.95. The molecule has 0 fully saturated rings. The molecular formula is C16H19N3O. The molecule has 4 heteroatoms. The second kappa shape index (κ2) is 5.12. The standard InChI is InChI=1S/C16H19N3O/c1-4-7-16-17-14-8-5-6-9-15(14)19(16)10-13-11(2)18-20-12(13)3/h5-6,8-9H,4,7,10H2,1-3H3. The van der Waals surface area contributed by atoms with Gasteiger partial charge in [0.1, 0.15) is 11.6 Å². The highest BCUT2D eigenvalue weighted by Gasteiger charge is 2.14. The Bertz CT molecular complexity index is 720. The van der Waals surface area contributed by atoms with Crippen LogP contribution in [0.3, 0.4) is 0 Å². The van der Waals surface area contributed by atoms with E-state index < -0.39 is 0 Å². The van der Waals surface area contributed by atoms with Crippen molar-refractivity contribution in [2.45, 2.75) is 40.2 Å². The number of hydrogen-bond donors (Lipinski definition) is 0. The van der Waals surface area contributed by atoms with E-state index in [0.29, 0.717) is 0 Å². The van der Waals surface area contributed by atoms with Crippen molar-refractivity contribution >= 4 is 11.0 Å². The summed E-state index contributed by atoms with van der Waals surface area (Å²) in [6.07, 6.45) is 2.07. The first kappa shape index (κ1) is 12.9. The molecule has 4 nitrogen and oxygen atoms in total. The van der Waals surface area contributed by atoms with Gasteiger partial charge in [0.05, 0.1) is 23.3 Å². The summed E-state index contributed by atoms with van der Waals surface area (Å²) in [7, 11) is 0. The number of nitrogens with zero attached hydrogens (tertiary/aromatic N) is 3. The number of hydrogen-bond acceptors (Lipinski definition) is 3. The number of rotatable bonds is 4. The van der Waals surface area contributed by atoms with Crippen LogP contribution in [0.25, 0.3) is 11.0 Å². The fourth-order valence-electron chi connectivity index (χ4n) is 2.60. The van der Waals surface area contributed by atoms with Crippen LogP contribution in [0.1, 0.15) is 36.2 Å². The minimum atomic E-state index is 0.775. The molecule has 3 rings (SSSR count). The molecule has 3 aromatic rings. The molecule has 0 spiro atoms. The van der Waals surface area contributed by atoms with E-state index in [4.69, 9.17) is 9.51 Å². The summed E-state index contributed by atoms with van der Waals surface area (Å²) in [5.74, 6) is 2.02.